The van der Waals surface area contributed by atoms with Gasteiger partial charge in [-0.05, 0) is 17.2 Å². The highest BCUT2D eigenvalue weighted by Crippen LogP contribution is 2.22. The lowest BCUT2D eigenvalue weighted by Crippen LogP contribution is -2.30. The number of carbonyl (C=O) groups excluding carboxylic acids is 1. The van der Waals surface area contributed by atoms with Gasteiger partial charge in [-0.3, -0.25) is 9.88 Å². The van der Waals surface area contributed by atoms with Crippen LogP contribution in [0, 0.1) is 0 Å². The Balaban J connectivity index is 1.77. The number of aliphatic imine (C=N–C) groups is 1. The molecule has 0 unspecified atom stereocenters. The van der Waals surface area contributed by atoms with E-state index in [2.05, 4.69) is 39.1 Å². The number of pyridine rings is 1. The molecule has 2 heterocycles. The Hall–Kier alpha value is -2.29. The number of aromatic nitrogens is 1. The van der Waals surface area contributed by atoms with E-state index in [-0.39, 0.29) is 0 Å². The fraction of sp³-hybridized carbons (Fsp3) is 0.250. The SMILES string of the molecule is O=C=Nc1cnc2c(c1)CN(Cc1ccccc1)CC2. The van der Waals surface area contributed by atoms with Crippen LogP contribution in [-0.4, -0.2) is 22.5 Å². The average molecular weight is 265 g/mol. The van der Waals surface area contributed by atoms with Crippen LogP contribution in [0.3, 0.4) is 0 Å². The molecule has 100 valence electrons. The summed E-state index contributed by atoms with van der Waals surface area (Å²) in [5, 5.41) is 0. The lowest BCUT2D eigenvalue weighted by molar-refractivity contribution is 0.243. The normalized spacial score (nSPS) is 14.4. The van der Waals surface area contributed by atoms with Crippen LogP contribution in [0.25, 0.3) is 0 Å². The van der Waals surface area contributed by atoms with Crippen molar-refractivity contribution in [3.05, 3.63) is 59.4 Å². The van der Waals surface area contributed by atoms with Gasteiger partial charge in [0.15, 0.2) is 0 Å². The van der Waals surface area contributed by atoms with Crippen LogP contribution < -0.4 is 0 Å². The second-order valence-corrected chi connectivity index (χ2v) is 4.95. The Kier molecular flexibility index (Phi) is 3.68. The molecule has 1 aromatic heterocycles. The average Bonchev–Trinajstić information content (AvgIpc) is 2.48. The zero-order chi connectivity index (χ0) is 13.8. The molecule has 1 aromatic carbocycles. The van der Waals surface area contributed by atoms with Crippen LogP contribution in [0.1, 0.15) is 16.8 Å². The van der Waals surface area contributed by atoms with E-state index >= 15 is 0 Å². The summed E-state index contributed by atoms with van der Waals surface area (Å²) in [5.41, 5.74) is 4.16. The first-order chi connectivity index (χ1) is 9.85. The van der Waals surface area contributed by atoms with E-state index in [0.717, 1.165) is 37.3 Å². The van der Waals surface area contributed by atoms with Gasteiger partial charge in [0.2, 0.25) is 6.08 Å². The molecule has 1 aliphatic rings. The number of fused-ring (bicyclic) bond motifs is 1. The maximum Gasteiger partial charge on any atom is 0.240 e. The Morgan fingerprint density at radius 1 is 1.30 bits per heavy atom. The van der Waals surface area contributed by atoms with Crippen LogP contribution in [0.2, 0.25) is 0 Å². The van der Waals surface area contributed by atoms with Crippen molar-refractivity contribution in [3.63, 3.8) is 0 Å². The molecule has 4 nitrogen and oxygen atoms in total. The highest BCUT2D eigenvalue weighted by atomic mass is 16.1. The largest absolute Gasteiger partial charge is 0.294 e. The van der Waals surface area contributed by atoms with E-state index in [1.165, 1.54) is 5.56 Å². The van der Waals surface area contributed by atoms with Crippen LogP contribution in [0.4, 0.5) is 5.69 Å². The summed E-state index contributed by atoms with van der Waals surface area (Å²) in [4.78, 5) is 20.7. The minimum atomic E-state index is 0.584. The van der Waals surface area contributed by atoms with Crippen molar-refractivity contribution in [3.8, 4) is 0 Å². The molecular weight excluding hydrogens is 250 g/mol. The lowest BCUT2D eigenvalue weighted by atomic mass is 10.0. The summed E-state index contributed by atoms with van der Waals surface area (Å²) in [6.07, 6.45) is 4.14. The Labute approximate surface area is 117 Å². The topological polar surface area (TPSA) is 45.6 Å². The van der Waals surface area contributed by atoms with Crippen molar-refractivity contribution in [1.29, 1.82) is 0 Å². The van der Waals surface area contributed by atoms with E-state index < -0.39 is 0 Å². The molecule has 0 saturated heterocycles. The van der Waals surface area contributed by atoms with Crippen molar-refractivity contribution in [2.24, 2.45) is 4.99 Å². The van der Waals surface area contributed by atoms with Gasteiger partial charge in [-0.2, -0.15) is 4.99 Å². The molecular formula is C16H15N3O. The number of nitrogens with zero attached hydrogens (tertiary/aromatic N) is 3. The van der Waals surface area contributed by atoms with Crippen molar-refractivity contribution in [1.82, 2.24) is 9.88 Å². The molecule has 0 fully saturated rings. The quantitative estimate of drug-likeness (QED) is 0.633. The Morgan fingerprint density at radius 2 is 2.15 bits per heavy atom. The minimum absolute atomic E-state index is 0.584. The highest BCUT2D eigenvalue weighted by molar-refractivity contribution is 5.49. The number of benzene rings is 1. The van der Waals surface area contributed by atoms with Crippen molar-refractivity contribution in [2.45, 2.75) is 19.5 Å². The number of isocyanates is 1. The van der Waals surface area contributed by atoms with Crippen LogP contribution in [0.5, 0.6) is 0 Å². The van der Waals surface area contributed by atoms with Gasteiger partial charge in [-0.15, -0.1) is 0 Å². The second kappa shape index (κ2) is 5.78. The van der Waals surface area contributed by atoms with E-state index in [0.29, 0.717) is 5.69 Å². The highest BCUT2D eigenvalue weighted by Gasteiger charge is 2.17. The second-order valence-electron chi connectivity index (χ2n) is 4.95. The first kappa shape index (κ1) is 12.7. The molecule has 0 radical (unpaired) electrons. The van der Waals surface area contributed by atoms with E-state index in [1.54, 1.807) is 12.3 Å². The molecule has 20 heavy (non-hydrogen) atoms. The number of hydrogen-bond donors (Lipinski definition) is 0. The van der Waals surface area contributed by atoms with E-state index in [9.17, 15) is 4.79 Å². The molecule has 0 aliphatic carbocycles. The fourth-order valence-corrected chi connectivity index (χ4v) is 2.56. The predicted molar refractivity (Wildman–Crippen MR) is 76.3 cm³/mol. The van der Waals surface area contributed by atoms with Gasteiger partial charge < -0.3 is 0 Å². The molecule has 0 bridgehead atoms. The van der Waals surface area contributed by atoms with Gasteiger partial charge in [0.25, 0.3) is 0 Å². The molecule has 0 spiro atoms. The molecule has 3 rings (SSSR count). The molecule has 4 heteroatoms. The summed E-state index contributed by atoms with van der Waals surface area (Å²) in [5.74, 6) is 0. The lowest BCUT2D eigenvalue weighted by Gasteiger charge is -2.28. The van der Waals surface area contributed by atoms with Crippen molar-refractivity contribution in [2.75, 3.05) is 6.54 Å². The van der Waals surface area contributed by atoms with Gasteiger partial charge in [0.05, 0.1) is 11.9 Å². The van der Waals surface area contributed by atoms with Gasteiger partial charge in [-0.25, -0.2) is 4.79 Å². The molecule has 1 aliphatic heterocycles. The summed E-state index contributed by atoms with van der Waals surface area (Å²) in [7, 11) is 0. The van der Waals surface area contributed by atoms with Gasteiger partial charge in [-0.1, -0.05) is 30.3 Å². The zero-order valence-corrected chi connectivity index (χ0v) is 11.1. The molecule has 0 amide bonds. The Bertz CT molecular complexity index is 648. The van der Waals surface area contributed by atoms with Gasteiger partial charge in [0.1, 0.15) is 0 Å². The maximum atomic E-state index is 10.3. The molecule has 0 saturated carbocycles. The number of hydrogen-bond acceptors (Lipinski definition) is 4. The fourth-order valence-electron chi connectivity index (χ4n) is 2.56. The minimum Gasteiger partial charge on any atom is -0.294 e. The molecule has 0 atom stereocenters. The van der Waals surface area contributed by atoms with E-state index in [4.69, 9.17) is 0 Å². The van der Waals surface area contributed by atoms with Crippen LogP contribution in [0.15, 0.2) is 47.6 Å². The maximum absolute atomic E-state index is 10.3. The number of rotatable bonds is 3. The standard InChI is InChI=1S/C16H15N3O/c20-12-18-15-8-14-11-19(7-6-16(14)17-9-15)10-13-4-2-1-3-5-13/h1-5,8-9H,6-7,10-11H2. The summed E-state index contributed by atoms with van der Waals surface area (Å²) >= 11 is 0. The van der Waals surface area contributed by atoms with Crippen LogP contribution >= 0.6 is 0 Å². The van der Waals surface area contributed by atoms with Gasteiger partial charge in [0, 0.05) is 31.7 Å². The zero-order valence-electron chi connectivity index (χ0n) is 11.1. The summed E-state index contributed by atoms with van der Waals surface area (Å²) in [6.45, 7) is 2.78. The summed E-state index contributed by atoms with van der Waals surface area (Å²) < 4.78 is 0. The van der Waals surface area contributed by atoms with Gasteiger partial charge >= 0.3 is 0 Å². The van der Waals surface area contributed by atoms with Crippen LogP contribution in [-0.2, 0) is 24.3 Å². The first-order valence-electron chi connectivity index (χ1n) is 6.67. The first-order valence-corrected chi connectivity index (χ1v) is 6.67. The third-order valence-electron chi connectivity index (χ3n) is 3.53. The molecule has 2 aromatic rings. The third-order valence-corrected chi connectivity index (χ3v) is 3.53. The summed E-state index contributed by atoms with van der Waals surface area (Å²) in [6, 6.07) is 12.4. The van der Waals surface area contributed by atoms with Crippen molar-refractivity contribution < 1.29 is 4.79 Å². The Morgan fingerprint density at radius 3 is 2.95 bits per heavy atom. The smallest absolute Gasteiger partial charge is 0.240 e. The van der Waals surface area contributed by atoms with Crippen molar-refractivity contribution >= 4 is 11.8 Å². The predicted octanol–water partition coefficient (Wildman–Crippen LogP) is 2.61. The van der Waals surface area contributed by atoms with E-state index in [1.807, 2.05) is 12.1 Å². The molecule has 0 N–H and O–H groups in total. The monoisotopic (exact) mass is 265 g/mol. The third kappa shape index (κ3) is 2.82.